The Morgan fingerprint density at radius 1 is 1.30 bits per heavy atom. The minimum atomic E-state index is -0.934. The first-order valence-corrected chi connectivity index (χ1v) is 8.39. The summed E-state index contributed by atoms with van der Waals surface area (Å²) in [4.78, 5) is 21.8. The molecular weight excluding hydrogens is 320 g/mol. The Labute approximate surface area is 142 Å². The van der Waals surface area contributed by atoms with Gasteiger partial charge in [0, 0.05) is 12.4 Å². The van der Waals surface area contributed by atoms with Gasteiger partial charge in [-0.2, -0.15) is 5.06 Å². The van der Waals surface area contributed by atoms with Crippen LogP contribution >= 0.6 is 11.6 Å². The van der Waals surface area contributed by atoms with Crippen LogP contribution in [0.3, 0.4) is 0 Å². The maximum Gasteiger partial charge on any atom is 0.434 e. The lowest BCUT2D eigenvalue weighted by atomic mass is 10.0. The number of ether oxygens (including phenoxy) is 1. The molecule has 1 aromatic rings. The van der Waals surface area contributed by atoms with Gasteiger partial charge in [0.1, 0.15) is 0 Å². The normalized spacial score (nSPS) is 13.4. The van der Waals surface area contributed by atoms with E-state index in [4.69, 9.17) is 21.2 Å². The third-order valence-corrected chi connectivity index (χ3v) is 3.46. The SMILES string of the molecule is CCCOC(=O)N(OCCC)C(Cc1ccncc1)C(O)CCl. The summed E-state index contributed by atoms with van der Waals surface area (Å²) in [7, 11) is 0. The number of aliphatic hydroxyl groups is 1. The summed E-state index contributed by atoms with van der Waals surface area (Å²) in [5.74, 6) is -0.0111. The summed E-state index contributed by atoms with van der Waals surface area (Å²) in [6, 6.07) is 3.01. The first kappa shape index (κ1) is 19.7. The van der Waals surface area contributed by atoms with Crippen molar-refractivity contribution in [2.24, 2.45) is 0 Å². The molecule has 1 rings (SSSR count). The first-order chi connectivity index (χ1) is 11.1. The molecule has 0 radical (unpaired) electrons. The van der Waals surface area contributed by atoms with Crippen LogP contribution in [0.5, 0.6) is 0 Å². The zero-order valence-corrected chi connectivity index (χ0v) is 14.4. The first-order valence-electron chi connectivity index (χ1n) is 7.85. The van der Waals surface area contributed by atoms with E-state index in [1.54, 1.807) is 12.4 Å². The maximum atomic E-state index is 12.3. The van der Waals surface area contributed by atoms with Crippen LogP contribution in [-0.4, -0.2) is 52.5 Å². The van der Waals surface area contributed by atoms with Gasteiger partial charge < -0.3 is 9.84 Å². The van der Waals surface area contributed by atoms with Crippen molar-refractivity contribution in [2.45, 2.75) is 45.3 Å². The Morgan fingerprint density at radius 3 is 2.52 bits per heavy atom. The highest BCUT2D eigenvalue weighted by Gasteiger charge is 2.32. The van der Waals surface area contributed by atoms with Gasteiger partial charge in [0.15, 0.2) is 0 Å². The molecule has 0 aliphatic carbocycles. The van der Waals surface area contributed by atoms with Gasteiger partial charge in [0.05, 0.1) is 31.2 Å². The van der Waals surface area contributed by atoms with Crippen molar-refractivity contribution >= 4 is 17.7 Å². The second-order valence-corrected chi connectivity index (χ2v) is 5.43. The molecule has 1 aromatic heterocycles. The molecule has 0 fully saturated rings. The maximum absolute atomic E-state index is 12.3. The Hall–Kier alpha value is -1.37. The van der Waals surface area contributed by atoms with Gasteiger partial charge in [-0.05, 0) is 37.0 Å². The second kappa shape index (κ2) is 11.2. The molecule has 1 amide bonds. The predicted octanol–water partition coefficient (Wildman–Crippen LogP) is 2.78. The van der Waals surface area contributed by atoms with Crippen molar-refractivity contribution in [1.29, 1.82) is 0 Å². The fourth-order valence-corrected chi connectivity index (χ4v) is 2.17. The molecule has 130 valence electrons. The fraction of sp³-hybridized carbons (Fsp3) is 0.625. The van der Waals surface area contributed by atoms with Crippen LogP contribution in [0.4, 0.5) is 4.79 Å². The van der Waals surface area contributed by atoms with Crippen LogP contribution in [0, 0.1) is 0 Å². The van der Waals surface area contributed by atoms with Crippen molar-refractivity contribution in [3.63, 3.8) is 0 Å². The van der Waals surface area contributed by atoms with Crippen molar-refractivity contribution in [3.05, 3.63) is 30.1 Å². The summed E-state index contributed by atoms with van der Waals surface area (Å²) in [5.41, 5.74) is 0.919. The monoisotopic (exact) mass is 344 g/mol. The number of pyridine rings is 1. The number of aliphatic hydroxyl groups excluding tert-OH is 1. The van der Waals surface area contributed by atoms with E-state index in [0.29, 0.717) is 26.1 Å². The zero-order valence-electron chi connectivity index (χ0n) is 13.7. The molecule has 0 aliphatic heterocycles. The number of alkyl halides is 1. The van der Waals surface area contributed by atoms with Gasteiger partial charge in [-0.15, -0.1) is 11.6 Å². The lowest BCUT2D eigenvalue weighted by Crippen LogP contribution is -2.49. The second-order valence-electron chi connectivity index (χ2n) is 5.12. The molecule has 0 aromatic carbocycles. The number of amides is 1. The summed E-state index contributed by atoms with van der Waals surface area (Å²) < 4.78 is 5.16. The van der Waals surface area contributed by atoms with Crippen molar-refractivity contribution in [2.75, 3.05) is 19.1 Å². The Balaban J connectivity index is 2.93. The highest BCUT2D eigenvalue weighted by Crippen LogP contribution is 2.16. The molecular formula is C16H25ClN2O4. The van der Waals surface area contributed by atoms with E-state index in [1.807, 2.05) is 26.0 Å². The minimum Gasteiger partial charge on any atom is -0.448 e. The quantitative estimate of drug-likeness (QED) is 0.522. The fourth-order valence-electron chi connectivity index (χ4n) is 1.96. The summed E-state index contributed by atoms with van der Waals surface area (Å²) in [5, 5.41) is 11.4. The molecule has 0 saturated heterocycles. The molecule has 1 heterocycles. The molecule has 0 aliphatic rings. The van der Waals surface area contributed by atoms with Gasteiger partial charge in [-0.25, -0.2) is 4.79 Å². The molecule has 6 nitrogen and oxygen atoms in total. The number of rotatable bonds is 10. The number of hydrogen-bond acceptors (Lipinski definition) is 5. The Kier molecular flexibility index (Phi) is 9.59. The van der Waals surface area contributed by atoms with Crippen LogP contribution in [-0.2, 0) is 16.0 Å². The highest BCUT2D eigenvalue weighted by atomic mass is 35.5. The largest absolute Gasteiger partial charge is 0.448 e. The topological polar surface area (TPSA) is 71.9 Å². The van der Waals surface area contributed by atoms with Crippen LogP contribution in [0.15, 0.2) is 24.5 Å². The number of halogens is 1. The van der Waals surface area contributed by atoms with Crippen LogP contribution in [0.2, 0.25) is 0 Å². The van der Waals surface area contributed by atoms with E-state index in [2.05, 4.69) is 4.98 Å². The van der Waals surface area contributed by atoms with Crippen molar-refractivity contribution in [1.82, 2.24) is 10.0 Å². The summed E-state index contributed by atoms with van der Waals surface area (Å²) >= 11 is 5.80. The van der Waals surface area contributed by atoms with Gasteiger partial charge >= 0.3 is 6.09 Å². The third-order valence-electron chi connectivity index (χ3n) is 3.14. The van der Waals surface area contributed by atoms with Gasteiger partial charge in [0.25, 0.3) is 0 Å². The minimum absolute atomic E-state index is 0.0111. The van der Waals surface area contributed by atoms with Gasteiger partial charge in [-0.1, -0.05) is 13.8 Å². The van der Waals surface area contributed by atoms with E-state index in [1.165, 1.54) is 0 Å². The van der Waals surface area contributed by atoms with Crippen LogP contribution < -0.4 is 0 Å². The number of hydrogen-bond donors (Lipinski definition) is 1. The van der Waals surface area contributed by atoms with E-state index >= 15 is 0 Å². The molecule has 0 spiro atoms. The smallest absolute Gasteiger partial charge is 0.434 e. The molecule has 2 atom stereocenters. The van der Waals surface area contributed by atoms with Crippen LogP contribution in [0.25, 0.3) is 0 Å². The van der Waals surface area contributed by atoms with E-state index < -0.39 is 18.2 Å². The van der Waals surface area contributed by atoms with Crippen molar-refractivity contribution in [3.8, 4) is 0 Å². The van der Waals surface area contributed by atoms with Gasteiger partial charge in [-0.3, -0.25) is 9.82 Å². The van der Waals surface area contributed by atoms with E-state index in [0.717, 1.165) is 17.0 Å². The lowest BCUT2D eigenvalue weighted by molar-refractivity contribution is -0.178. The number of carbonyl (C=O) groups excluding carboxylic acids is 1. The number of hydroxylamine groups is 2. The molecule has 23 heavy (non-hydrogen) atoms. The average molecular weight is 345 g/mol. The highest BCUT2D eigenvalue weighted by molar-refractivity contribution is 6.18. The lowest BCUT2D eigenvalue weighted by Gasteiger charge is -2.32. The molecule has 2 unspecified atom stereocenters. The average Bonchev–Trinajstić information content (AvgIpc) is 2.59. The summed E-state index contributed by atoms with van der Waals surface area (Å²) in [6.45, 7) is 4.49. The Morgan fingerprint density at radius 2 is 1.96 bits per heavy atom. The number of nitrogens with zero attached hydrogens (tertiary/aromatic N) is 2. The van der Waals surface area contributed by atoms with Crippen LogP contribution in [0.1, 0.15) is 32.3 Å². The van der Waals surface area contributed by atoms with Crippen molar-refractivity contribution < 1.29 is 19.5 Å². The number of carbonyl (C=O) groups is 1. The van der Waals surface area contributed by atoms with Gasteiger partial charge in [0.2, 0.25) is 0 Å². The standard InChI is InChI=1S/C16H25ClN2O4/c1-3-9-22-16(21)19(23-10-4-2)14(15(20)12-17)11-13-5-7-18-8-6-13/h5-8,14-15,20H,3-4,9-12H2,1-2H3. The molecule has 1 N–H and O–H groups in total. The number of aromatic nitrogens is 1. The van der Waals surface area contributed by atoms with E-state index in [9.17, 15) is 9.90 Å². The predicted molar refractivity (Wildman–Crippen MR) is 88.2 cm³/mol. The molecule has 0 saturated carbocycles. The molecule has 0 bridgehead atoms. The Bertz CT molecular complexity index is 447. The van der Waals surface area contributed by atoms with E-state index in [-0.39, 0.29) is 5.88 Å². The third kappa shape index (κ3) is 6.72. The summed E-state index contributed by atoms with van der Waals surface area (Å²) in [6.07, 6.45) is 3.61. The zero-order chi connectivity index (χ0) is 17.1. The molecule has 7 heteroatoms.